The van der Waals surface area contributed by atoms with E-state index in [2.05, 4.69) is 24.8 Å². The molecule has 2 aromatic heterocycles. The number of hydrogen-bond acceptors (Lipinski definition) is 7. The number of nitrogens with two attached hydrogens (primary N) is 1. The van der Waals surface area contributed by atoms with Crippen molar-refractivity contribution < 1.29 is 9.47 Å². The van der Waals surface area contributed by atoms with Crippen LogP contribution < -0.4 is 10.6 Å². The molecule has 8 nitrogen and oxygen atoms in total. The van der Waals surface area contributed by atoms with E-state index in [1.807, 2.05) is 0 Å². The van der Waals surface area contributed by atoms with E-state index in [9.17, 15) is 0 Å². The molecule has 20 heavy (non-hydrogen) atoms. The van der Waals surface area contributed by atoms with Gasteiger partial charge in [0.1, 0.15) is 5.52 Å². The summed E-state index contributed by atoms with van der Waals surface area (Å²) in [6.45, 7) is 2.80. The topological polar surface area (TPSA) is 102 Å². The number of H-pyrrole nitrogens is 1. The first-order valence-corrected chi connectivity index (χ1v) is 6.45. The van der Waals surface area contributed by atoms with Crippen molar-refractivity contribution in [3.05, 3.63) is 6.33 Å². The summed E-state index contributed by atoms with van der Waals surface area (Å²) in [5.41, 5.74) is 7.10. The zero-order chi connectivity index (χ0) is 14.4. The predicted octanol–water partition coefficient (Wildman–Crippen LogP) is 0.424. The summed E-state index contributed by atoms with van der Waals surface area (Å²) in [4.78, 5) is 17.7. The maximum atomic E-state index is 5.75. The Kier molecular flexibility index (Phi) is 5.08. The van der Waals surface area contributed by atoms with Gasteiger partial charge >= 0.3 is 0 Å². The highest BCUT2D eigenvalue weighted by Crippen LogP contribution is 2.21. The van der Waals surface area contributed by atoms with Gasteiger partial charge in [0.05, 0.1) is 12.9 Å². The van der Waals surface area contributed by atoms with E-state index in [-0.39, 0.29) is 5.95 Å². The maximum Gasteiger partial charge on any atom is 0.224 e. The normalized spacial score (nSPS) is 11.1. The van der Waals surface area contributed by atoms with Crippen LogP contribution >= 0.6 is 0 Å². The number of nitrogens with one attached hydrogen (secondary N) is 1. The molecule has 0 bridgehead atoms. The summed E-state index contributed by atoms with van der Waals surface area (Å²) in [5, 5.41) is 0. The maximum absolute atomic E-state index is 5.75. The van der Waals surface area contributed by atoms with Gasteiger partial charge in [-0.15, -0.1) is 0 Å². The molecule has 0 aromatic carbocycles. The molecule has 0 aliphatic carbocycles. The SMILES string of the molecule is COCCCN(CCOC)c1nc(N)nc2nc[nH]c12. The second kappa shape index (κ2) is 7.01. The van der Waals surface area contributed by atoms with Crippen molar-refractivity contribution in [1.29, 1.82) is 0 Å². The van der Waals surface area contributed by atoms with E-state index in [1.165, 1.54) is 0 Å². The van der Waals surface area contributed by atoms with Gasteiger partial charge in [0.2, 0.25) is 5.95 Å². The lowest BCUT2D eigenvalue weighted by Crippen LogP contribution is -2.30. The molecule has 2 aromatic rings. The molecule has 0 radical (unpaired) electrons. The Morgan fingerprint density at radius 1 is 1.20 bits per heavy atom. The van der Waals surface area contributed by atoms with Gasteiger partial charge in [-0.1, -0.05) is 0 Å². The Labute approximate surface area is 117 Å². The minimum atomic E-state index is 0.216. The van der Waals surface area contributed by atoms with Gasteiger partial charge in [-0.2, -0.15) is 9.97 Å². The number of methoxy groups -OCH3 is 2. The number of rotatable bonds is 8. The number of nitrogens with zero attached hydrogens (tertiary/aromatic N) is 4. The standard InChI is InChI=1S/C12H20N6O2/c1-19-6-3-4-18(5-7-20-2)11-9-10(15-8-14-9)16-12(13)17-11/h8H,3-7H2,1-2H3,(H3,13,14,15,16,17). The average Bonchev–Trinajstić information content (AvgIpc) is 2.90. The highest BCUT2D eigenvalue weighted by Gasteiger charge is 2.15. The van der Waals surface area contributed by atoms with Gasteiger partial charge in [-0.25, -0.2) is 4.98 Å². The Hall–Kier alpha value is -1.93. The lowest BCUT2D eigenvalue weighted by Gasteiger charge is -2.23. The van der Waals surface area contributed by atoms with Crippen molar-refractivity contribution in [2.24, 2.45) is 0 Å². The number of fused-ring (bicyclic) bond motifs is 1. The molecule has 0 atom stereocenters. The van der Waals surface area contributed by atoms with Crippen LogP contribution in [0.1, 0.15) is 6.42 Å². The van der Waals surface area contributed by atoms with Crippen LogP contribution in [-0.4, -0.2) is 60.5 Å². The molecule has 0 fully saturated rings. The lowest BCUT2D eigenvalue weighted by atomic mass is 10.3. The van der Waals surface area contributed by atoms with E-state index < -0.39 is 0 Å². The molecule has 0 aliphatic heterocycles. The number of imidazole rings is 1. The predicted molar refractivity (Wildman–Crippen MR) is 76.7 cm³/mol. The minimum Gasteiger partial charge on any atom is -0.385 e. The first-order valence-electron chi connectivity index (χ1n) is 6.45. The van der Waals surface area contributed by atoms with Gasteiger partial charge in [0.15, 0.2) is 11.5 Å². The van der Waals surface area contributed by atoms with Crippen LogP contribution in [0.4, 0.5) is 11.8 Å². The molecule has 8 heteroatoms. The Balaban J connectivity index is 2.26. The zero-order valence-corrected chi connectivity index (χ0v) is 11.8. The largest absolute Gasteiger partial charge is 0.385 e. The van der Waals surface area contributed by atoms with Crippen LogP contribution in [0.3, 0.4) is 0 Å². The molecule has 2 heterocycles. The van der Waals surface area contributed by atoms with E-state index in [4.69, 9.17) is 15.2 Å². The summed E-state index contributed by atoms with van der Waals surface area (Å²) in [6, 6.07) is 0. The fraction of sp³-hybridized carbons (Fsp3) is 0.583. The number of ether oxygens (including phenoxy) is 2. The van der Waals surface area contributed by atoms with Crippen LogP contribution in [0, 0.1) is 0 Å². The third kappa shape index (κ3) is 3.34. The number of aromatic nitrogens is 4. The lowest BCUT2D eigenvalue weighted by molar-refractivity contribution is 0.191. The van der Waals surface area contributed by atoms with Gasteiger partial charge in [-0.05, 0) is 6.42 Å². The summed E-state index contributed by atoms with van der Waals surface area (Å²) in [7, 11) is 3.36. The van der Waals surface area contributed by atoms with E-state index in [0.717, 1.165) is 24.3 Å². The van der Waals surface area contributed by atoms with E-state index in [0.29, 0.717) is 25.4 Å². The first kappa shape index (κ1) is 14.5. The molecule has 0 saturated heterocycles. The molecule has 0 amide bonds. The molecule has 110 valence electrons. The summed E-state index contributed by atoms with van der Waals surface area (Å²) >= 11 is 0. The fourth-order valence-electron chi connectivity index (χ4n) is 1.99. The van der Waals surface area contributed by atoms with Crippen molar-refractivity contribution in [3.8, 4) is 0 Å². The Bertz CT molecular complexity index is 544. The van der Waals surface area contributed by atoms with Crippen molar-refractivity contribution in [1.82, 2.24) is 19.9 Å². The van der Waals surface area contributed by atoms with Gasteiger partial charge in [-0.3, -0.25) is 0 Å². The monoisotopic (exact) mass is 280 g/mol. The van der Waals surface area contributed by atoms with Crippen LogP contribution in [0.15, 0.2) is 6.33 Å². The molecule has 2 rings (SSSR count). The second-order valence-corrected chi connectivity index (χ2v) is 4.33. The smallest absolute Gasteiger partial charge is 0.224 e. The van der Waals surface area contributed by atoms with E-state index >= 15 is 0 Å². The molecular formula is C12H20N6O2. The highest BCUT2D eigenvalue weighted by atomic mass is 16.5. The molecule has 0 unspecified atom stereocenters. The van der Waals surface area contributed by atoms with Crippen molar-refractivity contribution in [2.75, 3.05) is 51.2 Å². The number of anilines is 2. The minimum absolute atomic E-state index is 0.216. The van der Waals surface area contributed by atoms with Crippen LogP contribution in [0.2, 0.25) is 0 Å². The van der Waals surface area contributed by atoms with Gasteiger partial charge in [0, 0.05) is 33.9 Å². The van der Waals surface area contributed by atoms with Crippen LogP contribution in [0.25, 0.3) is 11.2 Å². The second-order valence-electron chi connectivity index (χ2n) is 4.33. The fourth-order valence-corrected chi connectivity index (χ4v) is 1.99. The zero-order valence-electron chi connectivity index (χ0n) is 11.8. The number of hydrogen-bond donors (Lipinski definition) is 2. The van der Waals surface area contributed by atoms with Crippen LogP contribution in [0.5, 0.6) is 0 Å². The first-order chi connectivity index (χ1) is 9.76. The number of aromatic amines is 1. The molecular weight excluding hydrogens is 260 g/mol. The van der Waals surface area contributed by atoms with Gasteiger partial charge in [0.25, 0.3) is 0 Å². The van der Waals surface area contributed by atoms with Crippen molar-refractivity contribution in [2.45, 2.75) is 6.42 Å². The third-order valence-corrected chi connectivity index (χ3v) is 2.93. The third-order valence-electron chi connectivity index (χ3n) is 2.93. The molecule has 0 spiro atoms. The quantitative estimate of drug-likeness (QED) is 0.676. The van der Waals surface area contributed by atoms with Crippen LogP contribution in [-0.2, 0) is 9.47 Å². The molecule has 0 saturated carbocycles. The molecule has 3 N–H and O–H groups in total. The summed E-state index contributed by atoms with van der Waals surface area (Å²) in [5.74, 6) is 0.965. The number of nitrogen functional groups attached to an aromatic ring is 1. The van der Waals surface area contributed by atoms with Gasteiger partial charge < -0.3 is 25.1 Å². The van der Waals surface area contributed by atoms with Crippen molar-refractivity contribution >= 4 is 22.9 Å². The van der Waals surface area contributed by atoms with E-state index in [1.54, 1.807) is 20.5 Å². The molecule has 0 aliphatic rings. The summed E-state index contributed by atoms with van der Waals surface area (Å²) in [6.07, 6.45) is 2.48. The Morgan fingerprint density at radius 2 is 2.00 bits per heavy atom. The summed E-state index contributed by atoms with van der Waals surface area (Å²) < 4.78 is 10.2. The van der Waals surface area contributed by atoms with Crippen molar-refractivity contribution in [3.63, 3.8) is 0 Å². The Morgan fingerprint density at radius 3 is 2.75 bits per heavy atom. The highest BCUT2D eigenvalue weighted by molar-refractivity contribution is 5.84. The average molecular weight is 280 g/mol.